The van der Waals surface area contributed by atoms with Crippen LogP contribution >= 0.6 is 0 Å². The first kappa shape index (κ1) is 18.3. The fourth-order valence-corrected chi connectivity index (χ4v) is 3.96. The van der Waals surface area contributed by atoms with Crippen molar-refractivity contribution in [2.24, 2.45) is 0 Å². The minimum absolute atomic E-state index is 0.437. The van der Waals surface area contributed by atoms with Crippen LogP contribution in [-0.4, -0.2) is 46.4 Å². The second-order valence-electron chi connectivity index (χ2n) is 7.02. The average molecular weight is 381 g/mol. The van der Waals surface area contributed by atoms with Crippen molar-refractivity contribution in [3.8, 4) is 17.0 Å². The number of nitrogen functional groups attached to an aromatic ring is 1. The van der Waals surface area contributed by atoms with Gasteiger partial charge in [0.25, 0.3) is 0 Å². The van der Waals surface area contributed by atoms with Gasteiger partial charge < -0.3 is 20.7 Å². The molecule has 3 heterocycles. The van der Waals surface area contributed by atoms with E-state index in [4.69, 9.17) is 15.5 Å². The third kappa shape index (κ3) is 3.19. The predicted molar refractivity (Wildman–Crippen MR) is 113 cm³/mol. The van der Waals surface area contributed by atoms with Crippen LogP contribution in [0.25, 0.3) is 22.2 Å². The van der Waals surface area contributed by atoms with Crippen molar-refractivity contribution in [1.29, 1.82) is 0 Å². The summed E-state index contributed by atoms with van der Waals surface area (Å²) >= 11 is 0. The molecule has 1 aliphatic rings. The fourth-order valence-electron chi connectivity index (χ4n) is 3.96. The van der Waals surface area contributed by atoms with Gasteiger partial charge in [0.15, 0.2) is 5.82 Å². The van der Waals surface area contributed by atoms with Crippen LogP contribution in [0.5, 0.6) is 5.75 Å². The average Bonchev–Trinajstić information content (AvgIpc) is 3.34. The molecule has 0 aliphatic carbocycles. The lowest BCUT2D eigenvalue weighted by Gasteiger charge is -2.25. The van der Waals surface area contributed by atoms with Crippen molar-refractivity contribution >= 4 is 28.5 Å². The second-order valence-corrected chi connectivity index (χ2v) is 7.02. The van der Waals surface area contributed by atoms with Crippen molar-refractivity contribution in [2.45, 2.75) is 39.2 Å². The third-order valence-electron chi connectivity index (χ3n) is 5.33. The van der Waals surface area contributed by atoms with E-state index in [2.05, 4.69) is 38.4 Å². The molecule has 4 rings (SSSR count). The van der Waals surface area contributed by atoms with Crippen molar-refractivity contribution in [2.75, 3.05) is 36.1 Å². The maximum absolute atomic E-state index is 6.01. The Morgan fingerprint density at radius 1 is 1.29 bits per heavy atom. The molecule has 1 aromatic carbocycles. The normalized spacial score (nSPS) is 16.7. The molecule has 0 bridgehead atoms. The Labute approximate surface area is 164 Å². The summed E-state index contributed by atoms with van der Waals surface area (Å²) in [5.74, 6) is 2.71. The molecular formula is C20H27N7O. The number of rotatable bonds is 6. The van der Waals surface area contributed by atoms with Crippen molar-refractivity contribution in [1.82, 2.24) is 20.2 Å². The first-order chi connectivity index (χ1) is 13.6. The maximum Gasteiger partial charge on any atom is 0.224 e. The predicted octanol–water partition coefficient (Wildman–Crippen LogP) is 3.42. The number of nitrogens with zero attached hydrogens (tertiary/aromatic N) is 4. The monoisotopic (exact) mass is 381 g/mol. The first-order valence-electron chi connectivity index (χ1n) is 9.88. The largest absolute Gasteiger partial charge is 0.493 e. The minimum Gasteiger partial charge on any atom is -0.493 e. The number of aromatic nitrogens is 4. The number of anilines is 3. The molecule has 8 nitrogen and oxygen atoms in total. The molecule has 28 heavy (non-hydrogen) atoms. The van der Waals surface area contributed by atoms with E-state index < -0.39 is 0 Å². The summed E-state index contributed by atoms with van der Waals surface area (Å²) in [5, 5.41) is 11.0. The van der Waals surface area contributed by atoms with Gasteiger partial charge in [0.1, 0.15) is 11.6 Å². The molecular weight excluding hydrogens is 354 g/mol. The van der Waals surface area contributed by atoms with E-state index in [1.165, 1.54) is 12.8 Å². The van der Waals surface area contributed by atoms with Gasteiger partial charge in [-0.25, -0.2) is 4.98 Å². The van der Waals surface area contributed by atoms with E-state index in [9.17, 15) is 0 Å². The summed E-state index contributed by atoms with van der Waals surface area (Å²) in [7, 11) is 1.84. The Hall–Kier alpha value is -3.03. The van der Waals surface area contributed by atoms with Gasteiger partial charge in [-0.2, -0.15) is 10.1 Å². The van der Waals surface area contributed by atoms with E-state index in [1.54, 1.807) is 0 Å². The zero-order chi connectivity index (χ0) is 19.7. The topological polar surface area (TPSA) is 105 Å². The highest BCUT2D eigenvalue weighted by Gasteiger charge is 2.25. The Kier molecular flexibility index (Phi) is 4.93. The highest BCUT2D eigenvalue weighted by molar-refractivity contribution is 5.97. The van der Waals surface area contributed by atoms with Crippen molar-refractivity contribution in [3.05, 3.63) is 18.2 Å². The smallest absolute Gasteiger partial charge is 0.224 e. The van der Waals surface area contributed by atoms with Crippen LogP contribution in [0.1, 0.15) is 33.1 Å². The van der Waals surface area contributed by atoms with Crippen LogP contribution in [0.3, 0.4) is 0 Å². The van der Waals surface area contributed by atoms with Crippen molar-refractivity contribution < 1.29 is 4.74 Å². The molecule has 148 valence electrons. The van der Waals surface area contributed by atoms with Crippen LogP contribution < -0.4 is 20.7 Å². The van der Waals surface area contributed by atoms with Gasteiger partial charge in [-0.05, 0) is 38.3 Å². The third-order valence-corrected chi connectivity index (χ3v) is 5.33. The molecule has 1 atom stereocenters. The molecule has 2 aromatic heterocycles. The van der Waals surface area contributed by atoms with Gasteiger partial charge in [-0.15, -0.1) is 0 Å². The van der Waals surface area contributed by atoms with Gasteiger partial charge in [-0.1, -0.05) is 6.92 Å². The van der Waals surface area contributed by atoms with E-state index >= 15 is 0 Å². The molecule has 1 aliphatic heterocycles. The summed E-state index contributed by atoms with van der Waals surface area (Å²) in [5.41, 5.74) is 8.62. The van der Waals surface area contributed by atoms with Gasteiger partial charge in [0.05, 0.1) is 23.2 Å². The fraction of sp³-hybridized carbons (Fsp3) is 0.450. The van der Waals surface area contributed by atoms with Crippen LogP contribution in [0, 0.1) is 0 Å². The zero-order valence-electron chi connectivity index (χ0n) is 16.6. The molecule has 8 heteroatoms. The van der Waals surface area contributed by atoms with Crippen molar-refractivity contribution in [3.63, 3.8) is 0 Å². The summed E-state index contributed by atoms with van der Waals surface area (Å²) < 4.78 is 5.83. The van der Waals surface area contributed by atoms with Gasteiger partial charge in [0.2, 0.25) is 5.95 Å². The number of hydrogen-bond donors (Lipinski definition) is 3. The molecule has 0 unspecified atom stereocenters. The van der Waals surface area contributed by atoms with Crippen LogP contribution in [0.15, 0.2) is 18.2 Å². The number of nitrogens with two attached hydrogens (primary N) is 1. The van der Waals surface area contributed by atoms with Gasteiger partial charge in [0, 0.05) is 31.3 Å². The number of H-pyrrole nitrogens is 1. The number of ether oxygens (including phenoxy) is 1. The van der Waals surface area contributed by atoms with Crippen LogP contribution in [-0.2, 0) is 0 Å². The molecule has 0 amide bonds. The minimum atomic E-state index is 0.437. The number of nitrogens with one attached hydrogen (secondary N) is 2. The Balaban J connectivity index is 1.83. The Bertz CT molecular complexity index is 984. The lowest BCUT2D eigenvalue weighted by Crippen LogP contribution is -2.29. The highest BCUT2D eigenvalue weighted by atomic mass is 16.5. The second kappa shape index (κ2) is 7.53. The standard InChI is InChI=1S/C20H27N7O/c1-4-13-7-6-8-27(13)17-11-14(23-20(22-3)24-17)12-9-15-18(19(21)26-25-15)16(10-12)28-5-2/h9-11,13H,4-8H2,1-3H3,(H3,21,25,26)(H,22,23,24)/t13-/m1/s1. The maximum atomic E-state index is 6.01. The lowest BCUT2D eigenvalue weighted by molar-refractivity contribution is 0.344. The van der Waals surface area contributed by atoms with Crippen LogP contribution in [0.4, 0.5) is 17.6 Å². The van der Waals surface area contributed by atoms with Crippen LogP contribution in [0.2, 0.25) is 0 Å². The number of benzene rings is 1. The Morgan fingerprint density at radius 3 is 2.89 bits per heavy atom. The molecule has 3 aromatic rings. The quantitative estimate of drug-likeness (QED) is 0.601. The summed E-state index contributed by atoms with van der Waals surface area (Å²) in [6, 6.07) is 6.57. The summed E-state index contributed by atoms with van der Waals surface area (Å²) in [6.07, 6.45) is 3.52. The summed E-state index contributed by atoms with van der Waals surface area (Å²) in [4.78, 5) is 11.8. The van der Waals surface area contributed by atoms with E-state index in [-0.39, 0.29) is 0 Å². The number of hydrogen-bond acceptors (Lipinski definition) is 7. The number of aromatic amines is 1. The van der Waals surface area contributed by atoms with E-state index in [0.29, 0.717) is 30.2 Å². The van der Waals surface area contributed by atoms with E-state index in [0.717, 1.165) is 40.9 Å². The lowest BCUT2D eigenvalue weighted by atomic mass is 10.1. The van der Waals surface area contributed by atoms with E-state index in [1.807, 2.05) is 26.1 Å². The van der Waals surface area contributed by atoms with Gasteiger partial charge in [-0.3, -0.25) is 5.10 Å². The molecule has 4 N–H and O–H groups in total. The molecule has 1 fully saturated rings. The molecule has 1 saturated heterocycles. The molecule has 0 saturated carbocycles. The first-order valence-corrected chi connectivity index (χ1v) is 9.88. The highest BCUT2D eigenvalue weighted by Crippen LogP contribution is 2.36. The molecule has 0 radical (unpaired) electrons. The summed E-state index contributed by atoms with van der Waals surface area (Å²) in [6.45, 7) is 5.76. The zero-order valence-corrected chi connectivity index (χ0v) is 16.6. The number of fused-ring (bicyclic) bond motifs is 1. The van der Waals surface area contributed by atoms with Gasteiger partial charge >= 0.3 is 0 Å². The SMILES string of the molecule is CCOc1cc(-c2cc(N3CCC[C@H]3CC)nc(NC)n2)cc2[nH]nc(N)c12. The Morgan fingerprint density at radius 2 is 2.14 bits per heavy atom. The molecule has 0 spiro atoms.